The molecule has 0 heterocycles. The van der Waals surface area contributed by atoms with Crippen molar-refractivity contribution in [1.82, 2.24) is 10.2 Å². The molecule has 0 aliphatic rings. The first-order valence-corrected chi connectivity index (χ1v) is 15.7. The molecular weight excluding hydrogens is 628 g/mol. The SMILES string of the molecule is Cc1ccc(S(=O)(=O)N(CC(=O)N(Cc2ccc(Cl)c(Cl)c2)C(C)C(=O)NCC(C)C)c2cc(Cl)cc(Cl)c2)cc1. The Morgan fingerprint density at radius 1 is 0.854 bits per heavy atom. The molecule has 0 aliphatic carbocycles. The Bertz CT molecular complexity index is 1490. The molecule has 3 aromatic rings. The highest BCUT2D eigenvalue weighted by atomic mass is 35.5. The minimum absolute atomic E-state index is 0.0224. The van der Waals surface area contributed by atoms with E-state index in [1.165, 1.54) is 35.2 Å². The molecule has 1 unspecified atom stereocenters. The Labute approximate surface area is 261 Å². The van der Waals surface area contributed by atoms with Crippen LogP contribution in [0, 0.1) is 12.8 Å². The number of rotatable bonds is 11. The van der Waals surface area contributed by atoms with E-state index < -0.39 is 28.5 Å². The van der Waals surface area contributed by atoms with E-state index in [0.717, 1.165) is 9.87 Å². The molecule has 7 nitrogen and oxygen atoms in total. The lowest BCUT2D eigenvalue weighted by atomic mass is 10.1. The quantitative estimate of drug-likeness (QED) is 0.241. The number of halogens is 4. The standard InChI is InChI=1S/C29H31Cl4N3O4S/c1-18(2)15-34-29(38)20(4)35(16-21-7-10-26(32)27(33)11-21)28(37)17-36(24-13-22(30)12-23(31)14-24)41(39,40)25-8-5-19(3)6-9-25/h5-14,18,20H,15-17H2,1-4H3,(H,34,38). The lowest BCUT2D eigenvalue weighted by molar-refractivity contribution is -0.139. The molecular formula is C29H31Cl4N3O4S. The highest BCUT2D eigenvalue weighted by Crippen LogP contribution is 2.30. The third kappa shape index (κ3) is 8.75. The summed E-state index contributed by atoms with van der Waals surface area (Å²) in [5, 5.41) is 3.84. The lowest BCUT2D eigenvalue weighted by Crippen LogP contribution is -2.51. The first-order valence-electron chi connectivity index (χ1n) is 12.8. The lowest BCUT2D eigenvalue weighted by Gasteiger charge is -2.32. The predicted molar refractivity (Wildman–Crippen MR) is 166 cm³/mol. The number of hydrogen-bond donors (Lipinski definition) is 1. The fourth-order valence-electron chi connectivity index (χ4n) is 3.92. The summed E-state index contributed by atoms with van der Waals surface area (Å²) >= 11 is 24.7. The van der Waals surface area contributed by atoms with Gasteiger partial charge in [-0.2, -0.15) is 0 Å². The van der Waals surface area contributed by atoms with Gasteiger partial charge < -0.3 is 10.2 Å². The molecule has 220 valence electrons. The molecule has 0 radical (unpaired) electrons. The summed E-state index contributed by atoms with van der Waals surface area (Å²) in [6, 6.07) is 14.5. The fourth-order valence-corrected chi connectivity index (χ4v) is 6.15. The van der Waals surface area contributed by atoms with Crippen molar-refractivity contribution >= 4 is 73.9 Å². The number of benzene rings is 3. The largest absolute Gasteiger partial charge is 0.354 e. The van der Waals surface area contributed by atoms with E-state index in [1.54, 1.807) is 37.3 Å². The van der Waals surface area contributed by atoms with Crippen LogP contribution >= 0.6 is 46.4 Å². The van der Waals surface area contributed by atoms with Crippen LogP contribution in [0.2, 0.25) is 20.1 Å². The summed E-state index contributed by atoms with van der Waals surface area (Å²) in [4.78, 5) is 28.3. The number of anilines is 1. The third-order valence-corrected chi connectivity index (χ3v) is 9.18. The number of carbonyl (C=O) groups excluding carboxylic acids is 2. The van der Waals surface area contributed by atoms with Crippen LogP contribution in [0.1, 0.15) is 31.9 Å². The van der Waals surface area contributed by atoms with Crippen LogP contribution in [0.25, 0.3) is 0 Å². The smallest absolute Gasteiger partial charge is 0.264 e. The van der Waals surface area contributed by atoms with E-state index in [1.807, 2.05) is 20.8 Å². The van der Waals surface area contributed by atoms with E-state index in [2.05, 4.69) is 5.32 Å². The van der Waals surface area contributed by atoms with E-state index >= 15 is 0 Å². The average Bonchev–Trinajstić information content (AvgIpc) is 2.89. The summed E-state index contributed by atoms with van der Waals surface area (Å²) in [6.07, 6.45) is 0. The maximum absolute atomic E-state index is 14.0. The van der Waals surface area contributed by atoms with Crippen LogP contribution < -0.4 is 9.62 Å². The monoisotopic (exact) mass is 657 g/mol. The molecule has 0 aromatic heterocycles. The van der Waals surface area contributed by atoms with Crippen molar-refractivity contribution in [3.8, 4) is 0 Å². The van der Waals surface area contributed by atoms with Gasteiger partial charge in [0.05, 0.1) is 20.6 Å². The molecule has 3 rings (SSSR count). The minimum atomic E-state index is -4.26. The minimum Gasteiger partial charge on any atom is -0.354 e. The second-order valence-electron chi connectivity index (χ2n) is 10.0. The molecule has 12 heteroatoms. The van der Waals surface area contributed by atoms with Gasteiger partial charge in [0, 0.05) is 23.1 Å². The van der Waals surface area contributed by atoms with Crippen molar-refractivity contribution in [2.45, 2.75) is 45.2 Å². The molecule has 0 saturated heterocycles. The second kappa shape index (κ2) is 14.1. The molecule has 0 aliphatic heterocycles. The number of aryl methyl sites for hydroxylation is 1. The number of sulfonamides is 1. The Morgan fingerprint density at radius 2 is 1.46 bits per heavy atom. The van der Waals surface area contributed by atoms with E-state index in [-0.39, 0.29) is 44.0 Å². The van der Waals surface area contributed by atoms with Crippen molar-refractivity contribution < 1.29 is 18.0 Å². The van der Waals surface area contributed by atoms with Crippen molar-refractivity contribution in [3.63, 3.8) is 0 Å². The van der Waals surface area contributed by atoms with Crippen LogP contribution in [0.15, 0.2) is 65.6 Å². The van der Waals surface area contributed by atoms with Gasteiger partial charge in [0.1, 0.15) is 12.6 Å². The molecule has 1 N–H and O–H groups in total. The average molecular weight is 659 g/mol. The number of carbonyl (C=O) groups is 2. The summed E-state index contributed by atoms with van der Waals surface area (Å²) in [7, 11) is -4.26. The van der Waals surface area contributed by atoms with Gasteiger partial charge in [-0.05, 0) is 67.8 Å². The molecule has 3 aromatic carbocycles. The van der Waals surface area contributed by atoms with E-state index in [0.29, 0.717) is 17.1 Å². The normalized spacial score (nSPS) is 12.2. The Morgan fingerprint density at radius 3 is 2.02 bits per heavy atom. The van der Waals surface area contributed by atoms with Crippen LogP contribution in [0.5, 0.6) is 0 Å². The Balaban J connectivity index is 2.06. The van der Waals surface area contributed by atoms with E-state index in [4.69, 9.17) is 46.4 Å². The topological polar surface area (TPSA) is 86.8 Å². The van der Waals surface area contributed by atoms with Gasteiger partial charge >= 0.3 is 0 Å². The molecule has 0 spiro atoms. The highest BCUT2D eigenvalue weighted by molar-refractivity contribution is 7.92. The van der Waals surface area contributed by atoms with Gasteiger partial charge in [0.25, 0.3) is 10.0 Å². The number of amides is 2. The van der Waals surface area contributed by atoms with Crippen LogP contribution in [0.3, 0.4) is 0 Å². The summed E-state index contributed by atoms with van der Waals surface area (Å²) < 4.78 is 28.8. The predicted octanol–water partition coefficient (Wildman–Crippen LogP) is 6.99. The van der Waals surface area contributed by atoms with Gasteiger partial charge in [-0.15, -0.1) is 0 Å². The first-order chi connectivity index (χ1) is 19.2. The maximum atomic E-state index is 14.0. The molecule has 41 heavy (non-hydrogen) atoms. The first kappa shape index (κ1) is 33.0. The molecule has 0 saturated carbocycles. The Hall–Kier alpha value is -2.49. The van der Waals surface area contributed by atoms with Crippen LogP contribution in [-0.4, -0.2) is 44.3 Å². The van der Waals surface area contributed by atoms with Crippen molar-refractivity contribution in [1.29, 1.82) is 0 Å². The summed E-state index contributed by atoms with van der Waals surface area (Å²) in [5.41, 5.74) is 1.57. The molecule has 2 amide bonds. The van der Waals surface area contributed by atoms with E-state index in [9.17, 15) is 18.0 Å². The zero-order valence-corrected chi connectivity index (χ0v) is 26.8. The number of hydrogen-bond acceptors (Lipinski definition) is 4. The van der Waals surface area contributed by atoms with Gasteiger partial charge in [-0.3, -0.25) is 13.9 Å². The van der Waals surface area contributed by atoms with Crippen molar-refractivity contribution in [2.24, 2.45) is 5.92 Å². The Kier molecular flexibility index (Phi) is 11.4. The van der Waals surface area contributed by atoms with Crippen molar-refractivity contribution in [2.75, 3.05) is 17.4 Å². The summed E-state index contributed by atoms with van der Waals surface area (Å²) in [5.74, 6) is -0.825. The molecule has 1 atom stereocenters. The zero-order chi connectivity index (χ0) is 30.5. The van der Waals surface area contributed by atoms with Gasteiger partial charge in [-0.1, -0.05) is 84.0 Å². The number of nitrogens with zero attached hydrogens (tertiary/aromatic N) is 2. The van der Waals surface area contributed by atoms with Crippen LogP contribution in [-0.2, 0) is 26.2 Å². The summed E-state index contributed by atoms with van der Waals surface area (Å²) in [6.45, 7) is 7.08. The highest BCUT2D eigenvalue weighted by Gasteiger charge is 2.33. The molecule has 0 bridgehead atoms. The van der Waals surface area contributed by atoms with Gasteiger partial charge in [-0.25, -0.2) is 8.42 Å². The third-order valence-electron chi connectivity index (χ3n) is 6.21. The zero-order valence-electron chi connectivity index (χ0n) is 23.0. The maximum Gasteiger partial charge on any atom is 0.264 e. The van der Waals surface area contributed by atoms with Gasteiger partial charge in [0.2, 0.25) is 11.8 Å². The second-order valence-corrected chi connectivity index (χ2v) is 13.6. The van der Waals surface area contributed by atoms with Crippen molar-refractivity contribution in [3.05, 3.63) is 91.9 Å². The fraction of sp³-hybridized carbons (Fsp3) is 0.310. The number of nitrogens with one attached hydrogen (secondary N) is 1. The van der Waals surface area contributed by atoms with Crippen LogP contribution in [0.4, 0.5) is 5.69 Å². The molecule has 0 fully saturated rings. The van der Waals surface area contributed by atoms with Gasteiger partial charge in [0.15, 0.2) is 0 Å².